The van der Waals surface area contributed by atoms with E-state index in [1.807, 2.05) is 25.1 Å². The highest BCUT2D eigenvalue weighted by Gasteiger charge is 2.19. The largest absolute Gasteiger partial charge is 0.496 e. The van der Waals surface area contributed by atoms with E-state index in [0.717, 1.165) is 17.0 Å². The normalized spacial score (nSPS) is 12.1. The average molecular weight is 261 g/mol. The summed E-state index contributed by atoms with van der Waals surface area (Å²) >= 11 is 0. The fraction of sp³-hybridized carbons (Fsp3) is 0.533. The number of anilines is 1. The van der Waals surface area contributed by atoms with Crippen molar-refractivity contribution in [3.8, 4) is 11.8 Å². The quantitative estimate of drug-likeness (QED) is 0.855. The molecule has 0 saturated heterocycles. The molecule has 0 saturated carbocycles. The number of benzene rings is 1. The molecular weight excluding hydrogens is 238 g/mol. The third-order valence-corrected chi connectivity index (χ3v) is 3.12. The molecule has 0 bridgehead atoms. The van der Waals surface area contributed by atoms with Gasteiger partial charge >= 0.3 is 0 Å². The minimum absolute atomic E-state index is 0.116. The minimum atomic E-state index is -0.116. The number of rotatable bonds is 6. The predicted molar refractivity (Wildman–Crippen MR) is 78.3 cm³/mol. The fourth-order valence-corrected chi connectivity index (χ4v) is 2.25. The fourth-order valence-electron chi connectivity index (χ4n) is 2.25. The summed E-state index contributed by atoms with van der Waals surface area (Å²) in [6.45, 7) is 6.87. The maximum absolute atomic E-state index is 8.80. The van der Waals surface area contributed by atoms with Crippen LogP contribution < -0.4 is 15.4 Å². The molecule has 0 heterocycles. The van der Waals surface area contributed by atoms with Crippen LogP contribution >= 0.6 is 0 Å². The second kappa shape index (κ2) is 7.01. The van der Waals surface area contributed by atoms with Gasteiger partial charge in [0.2, 0.25) is 0 Å². The Kier molecular flexibility index (Phi) is 5.65. The lowest BCUT2D eigenvalue weighted by Gasteiger charge is -2.31. The molecule has 0 amide bonds. The molecule has 2 N–H and O–H groups in total. The zero-order chi connectivity index (χ0) is 14.4. The number of nitrogens with two attached hydrogens (primary N) is 1. The molecule has 0 aromatic heterocycles. The molecule has 0 fully saturated rings. The summed E-state index contributed by atoms with van der Waals surface area (Å²) < 4.78 is 5.41. The van der Waals surface area contributed by atoms with E-state index in [1.54, 1.807) is 7.11 Å². The molecule has 0 aliphatic carbocycles. The van der Waals surface area contributed by atoms with E-state index in [0.29, 0.717) is 19.0 Å². The van der Waals surface area contributed by atoms with Gasteiger partial charge in [-0.25, -0.2) is 0 Å². The van der Waals surface area contributed by atoms with Crippen LogP contribution in [-0.4, -0.2) is 19.7 Å². The van der Waals surface area contributed by atoms with Crippen LogP contribution in [0.25, 0.3) is 0 Å². The monoisotopic (exact) mass is 261 g/mol. The van der Waals surface area contributed by atoms with Gasteiger partial charge in [-0.15, -0.1) is 0 Å². The van der Waals surface area contributed by atoms with Gasteiger partial charge in [0, 0.05) is 29.9 Å². The lowest BCUT2D eigenvalue weighted by Crippen LogP contribution is -2.33. The minimum Gasteiger partial charge on any atom is -0.496 e. The molecule has 1 aromatic rings. The van der Waals surface area contributed by atoms with Crippen LogP contribution in [0.1, 0.15) is 38.8 Å². The van der Waals surface area contributed by atoms with E-state index in [9.17, 15) is 0 Å². The van der Waals surface area contributed by atoms with E-state index in [1.165, 1.54) is 0 Å². The van der Waals surface area contributed by atoms with Gasteiger partial charge in [-0.3, -0.25) is 0 Å². The molecule has 1 atom stereocenters. The number of nitrogens with zero attached hydrogens (tertiary/aromatic N) is 2. The van der Waals surface area contributed by atoms with Crippen LogP contribution in [0.3, 0.4) is 0 Å². The first-order chi connectivity index (χ1) is 9.02. The van der Waals surface area contributed by atoms with Crippen LogP contribution in [0.15, 0.2) is 18.2 Å². The van der Waals surface area contributed by atoms with E-state index >= 15 is 0 Å². The summed E-state index contributed by atoms with van der Waals surface area (Å²) in [5, 5.41) is 8.80. The van der Waals surface area contributed by atoms with Crippen LogP contribution in [0.4, 0.5) is 5.69 Å². The second-order valence-electron chi connectivity index (χ2n) is 4.88. The molecule has 0 aliphatic heterocycles. The maximum Gasteiger partial charge on any atom is 0.125 e. The smallest absolute Gasteiger partial charge is 0.125 e. The van der Waals surface area contributed by atoms with Crippen molar-refractivity contribution in [3.05, 3.63) is 23.8 Å². The number of methoxy groups -OCH3 is 1. The third-order valence-electron chi connectivity index (χ3n) is 3.12. The number of hydrogen-bond donors (Lipinski definition) is 1. The summed E-state index contributed by atoms with van der Waals surface area (Å²) in [5.41, 5.74) is 8.14. The maximum atomic E-state index is 8.80. The Hall–Kier alpha value is -1.73. The van der Waals surface area contributed by atoms with Crippen molar-refractivity contribution in [2.75, 3.05) is 18.6 Å². The summed E-state index contributed by atoms with van der Waals surface area (Å²) in [5.74, 6) is 0.801. The van der Waals surface area contributed by atoms with Gasteiger partial charge in [0.25, 0.3) is 0 Å². The van der Waals surface area contributed by atoms with Gasteiger partial charge in [-0.05, 0) is 32.9 Å². The predicted octanol–water partition coefficient (Wildman–Crippen LogP) is 2.84. The van der Waals surface area contributed by atoms with Crippen molar-refractivity contribution >= 4 is 5.69 Å². The van der Waals surface area contributed by atoms with Crippen LogP contribution in [0.5, 0.6) is 5.75 Å². The highest BCUT2D eigenvalue weighted by Crippen LogP contribution is 2.34. The van der Waals surface area contributed by atoms with Gasteiger partial charge < -0.3 is 15.4 Å². The Morgan fingerprint density at radius 1 is 1.37 bits per heavy atom. The standard InChI is InChI=1S/C15H23N3O/c1-11(2)18(10-6-9-16)13-7-5-8-14(19-4)15(13)12(3)17/h5,7-8,11-12H,6,10,17H2,1-4H3. The van der Waals surface area contributed by atoms with E-state index in [4.69, 9.17) is 15.7 Å². The Morgan fingerprint density at radius 3 is 2.53 bits per heavy atom. The Bertz CT molecular complexity index is 449. The molecule has 0 radical (unpaired) electrons. The van der Waals surface area contributed by atoms with Crippen molar-refractivity contribution in [3.63, 3.8) is 0 Å². The molecule has 0 aliphatic rings. The molecule has 1 aromatic carbocycles. The van der Waals surface area contributed by atoms with Crippen LogP contribution in [0, 0.1) is 11.3 Å². The van der Waals surface area contributed by atoms with Gasteiger partial charge in [-0.1, -0.05) is 6.07 Å². The Morgan fingerprint density at radius 2 is 2.05 bits per heavy atom. The molecule has 1 unspecified atom stereocenters. The summed E-state index contributed by atoms with van der Waals surface area (Å²) in [4.78, 5) is 2.20. The summed E-state index contributed by atoms with van der Waals surface area (Å²) in [6, 6.07) is 8.31. The Balaban J connectivity index is 3.25. The lowest BCUT2D eigenvalue weighted by atomic mass is 10.0. The zero-order valence-corrected chi connectivity index (χ0v) is 12.2. The lowest BCUT2D eigenvalue weighted by molar-refractivity contribution is 0.406. The summed E-state index contributed by atoms with van der Waals surface area (Å²) in [7, 11) is 1.65. The second-order valence-corrected chi connectivity index (χ2v) is 4.88. The van der Waals surface area contributed by atoms with Gasteiger partial charge in [-0.2, -0.15) is 5.26 Å². The first kappa shape index (κ1) is 15.3. The molecule has 1 rings (SSSR count). The van der Waals surface area contributed by atoms with E-state index in [2.05, 4.69) is 24.8 Å². The van der Waals surface area contributed by atoms with Crippen molar-refractivity contribution in [2.45, 2.75) is 39.3 Å². The number of ether oxygens (including phenoxy) is 1. The van der Waals surface area contributed by atoms with Crippen molar-refractivity contribution in [1.82, 2.24) is 0 Å². The van der Waals surface area contributed by atoms with Gasteiger partial charge in [0.1, 0.15) is 5.75 Å². The van der Waals surface area contributed by atoms with Crippen molar-refractivity contribution in [1.29, 1.82) is 5.26 Å². The first-order valence-electron chi connectivity index (χ1n) is 6.59. The van der Waals surface area contributed by atoms with E-state index < -0.39 is 0 Å². The number of nitriles is 1. The molecule has 104 valence electrons. The molecule has 4 heteroatoms. The van der Waals surface area contributed by atoms with Gasteiger partial charge in [0.15, 0.2) is 0 Å². The Labute approximate surface area is 115 Å². The third kappa shape index (κ3) is 3.62. The number of hydrogen-bond acceptors (Lipinski definition) is 4. The van der Waals surface area contributed by atoms with Gasteiger partial charge in [0.05, 0.1) is 19.6 Å². The zero-order valence-electron chi connectivity index (χ0n) is 12.2. The topological polar surface area (TPSA) is 62.3 Å². The molecule has 0 spiro atoms. The van der Waals surface area contributed by atoms with Crippen LogP contribution in [-0.2, 0) is 0 Å². The van der Waals surface area contributed by atoms with Crippen molar-refractivity contribution in [2.24, 2.45) is 5.73 Å². The highest BCUT2D eigenvalue weighted by molar-refractivity contribution is 5.61. The SMILES string of the molecule is COc1cccc(N(CCC#N)C(C)C)c1C(C)N. The molecule has 4 nitrogen and oxygen atoms in total. The van der Waals surface area contributed by atoms with E-state index in [-0.39, 0.29) is 6.04 Å². The average Bonchev–Trinajstić information content (AvgIpc) is 2.38. The van der Waals surface area contributed by atoms with Crippen molar-refractivity contribution < 1.29 is 4.74 Å². The highest BCUT2D eigenvalue weighted by atomic mass is 16.5. The van der Waals surface area contributed by atoms with Crippen LogP contribution in [0.2, 0.25) is 0 Å². The molecule has 19 heavy (non-hydrogen) atoms. The first-order valence-corrected chi connectivity index (χ1v) is 6.59. The molecular formula is C15H23N3O. The summed E-state index contributed by atoms with van der Waals surface area (Å²) in [6.07, 6.45) is 0.494.